The average molecular weight is 229 g/mol. The number of rotatable bonds is 2. The summed E-state index contributed by atoms with van der Waals surface area (Å²) < 4.78 is 18.4. The zero-order valence-electron chi connectivity index (χ0n) is 8.62. The molecule has 2 rings (SSSR count). The van der Waals surface area contributed by atoms with Gasteiger partial charge in [0.25, 0.3) is 0 Å². The van der Waals surface area contributed by atoms with E-state index in [1.807, 2.05) is 6.92 Å². The fourth-order valence-electron chi connectivity index (χ4n) is 1.91. The van der Waals surface area contributed by atoms with Gasteiger partial charge in [0, 0.05) is 0 Å². The van der Waals surface area contributed by atoms with Gasteiger partial charge in [-0.05, 0) is 37.5 Å². The molecule has 1 aliphatic heterocycles. The van der Waals surface area contributed by atoms with Gasteiger partial charge in [-0.2, -0.15) is 0 Å². The van der Waals surface area contributed by atoms with Crippen LogP contribution in [0.4, 0.5) is 4.39 Å². The van der Waals surface area contributed by atoms with Crippen LogP contribution in [0.25, 0.3) is 0 Å². The van der Waals surface area contributed by atoms with Gasteiger partial charge in [0.15, 0.2) is 0 Å². The van der Waals surface area contributed by atoms with Gasteiger partial charge in [-0.25, -0.2) is 4.39 Å². The first-order valence-electron chi connectivity index (χ1n) is 5.22. The van der Waals surface area contributed by atoms with Crippen molar-refractivity contribution in [3.8, 4) is 0 Å². The lowest BCUT2D eigenvalue weighted by atomic mass is 10.0. The van der Waals surface area contributed by atoms with E-state index in [-0.39, 0.29) is 23.4 Å². The predicted molar refractivity (Wildman–Crippen MR) is 58.6 cm³/mol. The highest BCUT2D eigenvalue weighted by Gasteiger charge is 2.29. The van der Waals surface area contributed by atoms with E-state index in [9.17, 15) is 4.39 Å². The molecule has 3 unspecified atom stereocenters. The summed E-state index contributed by atoms with van der Waals surface area (Å²) in [5, 5.41) is -0.171. The summed E-state index contributed by atoms with van der Waals surface area (Å²) in [7, 11) is 0. The van der Waals surface area contributed by atoms with Crippen LogP contribution in [0.2, 0.25) is 0 Å². The maximum atomic E-state index is 12.7. The first-order chi connectivity index (χ1) is 7.16. The molecule has 3 heteroatoms. The van der Waals surface area contributed by atoms with Crippen LogP contribution in [0, 0.1) is 5.82 Å². The number of benzene rings is 1. The maximum Gasteiger partial charge on any atom is 0.123 e. The van der Waals surface area contributed by atoms with Gasteiger partial charge in [0.2, 0.25) is 0 Å². The van der Waals surface area contributed by atoms with Crippen molar-refractivity contribution in [3.05, 3.63) is 35.6 Å². The highest BCUT2D eigenvalue weighted by Crippen LogP contribution is 2.34. The van der Waals surface area contributed by atoms with Crippen molar-refractivity contribution in [2.75, 3.05) is 0 Å². The molecule has 0 saturated carbocycles. The molecule has 1 fully saturated rings. The van der Waals surface area contributed by atoms with Gasteiger partial charge >= 0.3 is 0 Å². The molecule has 0 amide bonds. The molecule has 3 atom stereocenters. The molecule has 1 heterocycles. The molecule has 1 aliphatic rings. The fourth-order valence-corrected chi connectivity index (χ4v) is 2.24. The fraction of sp³-hybridized carbons (Fsp3) is 0.500. The number of hydrogen-bond acceptors (Lipinski definition) is 1. The second-order valence-electron chi connectivity index (χ2n) is 4.02. The number of halogens is 2. The Hall–Kier alpha value is -0.600. The monoisotopic (exact) mass is 228 g/mol. The van der Waals surface area contributed by atoms with E-state index in [0.717, 1.165) is 18.4 Å². The second kappa shape index (κ2) is 4.50. The molecular formula is C12H14ClFO. The van der Waals surface area contributed by atoms with E-state index < -0.39 is 0 Å². The van der Waals surface area contributed by atoms with Gasteiger partial charge in [0.1, 0.15) is 5.82 Å². The summed E-state index contributed by atoms with van der Waals surface area (Å²) >= 11 is 6.28. The van der Waals surface area contributed by atoms with Crippen LogP contribution in [0.5, 0.6) is 0 Å². The summed E-state index contributed by atoms with van der Waals surface area (Å²) in [5.74, 6) is -0.233. The second-order valence-corrected chi connectivity index (χ2v) is 4.49. The lowest BCUT2D eigenvalue weighted by molar-refractivity contribution is 0.0533. The normalized spacial score (nSPS) is 27.9. The molecule has 0 aliphatic carbocycles. The number of hydrogen-bond donors (Lipinski definition) is 0. The van der Waals surface area contributed by atoms with E-state index in [4.69, 9.17) is 16.3 Å². The minimum Gasteiger partial charge on any atom is -0.373 e. The predicted octanol–water partition coefficient (Wildman–Crippen LogP) is 3.67. The molecule has 1 saturated heterocycles. The summed E-state index contributed by atoms with van der Waals surface area (Å²) in [6, 6.07) is 6.31. The Morgan fingerprint density at radius 2 is 2.00 bits per heavy atom. The van der Waals surface area contributed by atoms with Crippen LogP contribution in [-0.2, 0) is 4.74 Å². The maximum absolute atomic E-state index is 12.7. The molecule has 82 valence electrons. The topological polar surface area (TPSA) is 9.23 Å². The zero-order chi connectivity index (χ0) is 10.8. The molecule has 0 aromatic heterocycles. The largest absolute Gasteiger partial charge is 0.373 e. The molecule has 1 nitrogen and oxygen atoms in total. The highest BCUT2D eigenvalue weighted by molar-refractivity contribution is 6.21. The van der Waals surface area contributed by atoms with E-state index in [1.165, 1.54) is 12.1 Å². The van der Waals surface area contributed by atoms with E-state index in [0.29, 0.717) is 0 Å². The van der Waals surface area contributed by atoms with E-state index >= 15 is 0 Å². The minimum absolute atomic E-state index is 0.0622. The third kappa shape index (κ3) is 2.50. The third-order valence-electron chi connectivity index (χ3n) is 2.78. The molecule has 0 bridgehead atoms. The number of alkyl halides is 1. The van der Waals surface area contributed by atoms with Crippen molar-refractivity contribution in [1.29, 1.82) is 0 Å². The van der Waals surface area contributed by atoms with Crippen LogP contribution in [-0.4, -0.2) is 12.2 Å². The zero-order valence-corrected chi connectivity index (χ0v) is 9.38. The summed E-state index contributed by atoms with van der Waals surface area (Å²) in [6.07, 6.45) is 2.38. The van der Waals surface area contributed by atoms with Gasteiger partial charge in [-0.15, -0.1) is 11.6 Å². The minimum atomic E-state index is -0.233. The van der Waals surface area contributed by atoms with Crippen LogP contribution in [0.3, 0.4) is 0 Å². The Morgan fingerprint density at radius 3 is 2.53 bits per heavy atom. The van der Waals surface area contributed by atoms with Crippen molar-refractivity contribution in [2.45, 2.75) is 37.4 Å². The SMILES string of the molecule is CC1CCC(C(Cl)c2ccc(F)cc2)O1. The molecule has 1 aromatic rings. The van der Waals surface area contributed by atoms with E-state index in [1.54, 1.807) is 12.1 Å². The van der Waals surface area contributed by atoms with Crippen LogP contribution < -0.4 is 0 Å². The Kier molecular flexibility index (Phi) is 3.27. The first-order valence-corrected chi connectivity index (χ1v) is 5.65. The summed E-state index contributed by atoms with van der Waals surface area (Å²) in [4.78, 5) is 0. The van der Waals surface area contributed by atoms with Crippen LogP contribution in [0.15, 0.2) is 24.3 Å². The van der Waals surface area contributed by atoms with Crippen molar-refractivity contribution in [3.63, 3.8) is 0 Å². The molecule has 0 spiro atoms. The Balaban J connectivity index is 2.07. The smallest absolute Gasteiger partial charge is 0.123 e. The molecule has 0 radical (unpaired) electrons. The van der Waals surface area contributed by atoms with Gasteiger partial charge in [-0.1, -0.05) is 12.1 Å². The van der Waals surface area contributed by atoms with Gasteiger partial charge < -0.3 is 4.74 Å². The first kappa shape index (κ1) is 10.9. The lowest BCUT2D eigenvalue weighted by Gasteiger charge is -2.17. The molecular weight excluding hydrogens is 215 g/mol. The Bertz CT molecular complexity index is 325. The highest BCUT2D eigenvalue weighted by atomic mass is 35.5. The number of ether oxygens (including phenoxy) is 1. The van der Waals surface area contributed by atoms with Crippen molar-refractivity contribution in [2.24, 2.45) is 0 Å². The van der Waals surface area contributed by atoms with Crippen molar-refractivity contribution >= 4 is 11.6 Å². The van der Waals surface area contributed by atoms with Crippen LogP contribution >= 0.6 is 11.6 Å². The Labute approximate surface area is 94.2 Å². The van der Waals surface area contributed by atoms with E-state index in [2.05, 4.69) is 0 Å². The molecule has 1 aromatic carbocycles. The average Bonchev–Trinajstić information content (AvgIpc) is 2.65. The summed E-state index contributed by atoms with van der Waals surface area (Å²) in [6.45, 7) is 2.05. The van der Waals surface area contributed by atoms with Gasteiger partial charge in [-0.3, -0.25) is 0 Å². The molecule has 15 heavy (non-hydrogen) atoms. The third-order valence-corrected chi connectivity index (χ3v) is 3.31. The van der Waals surface area contributed by atoms with Crippen LogP contribution in [0.1, 0.15) is 30.7 Å². The molecule has 0 N–H and O–H groups in total. The summed E-state index contributed by atoms with van der Waals surface area (Å²) in [5.41, 5.74) is 0.928. The quantitative estimate of drug-likeness (QED) is 0.702. The van der Waals surface area contributed by atoms with Crippen molar-refractivity contribution in [1.82, 2.24) is 0 Å². The lowest BCUT2D eigenvalue weighted by Crippen LogP contribution is -2.14. The van der Waals surface area contributed by atoms with Gasteiger partial charge in [0.05, 0.1) is 17.6 Å². The standard InChI is InChI=1S/C12H14ClFO/c1-8-2-7-11(15-8)12(13)9-3-5-10(14)6-4-9/h3-6,8,11-12H,2,7H2,1H3. The van der Waals surface area contributed by atoms with Crippen molar-refractivity contribution < 1.29 is 9.13 Å². The Morgan fingerprint density at radius 1 is 1.33 bits per heavy atom.